The van der Waals surface area contributed by atoms with Gasteiger partial charge in [0.25, 0.3) is 0 Å². The first-order valence-corrected chi connectivity index (χ1v) is 10.7. The SMILES string of the molecule is CCCCCCOC(=O)CSSCC(=O)OCCCCCC. The van der Waals surface area contributed by atoms with Gasteiger partial charge in [-0.1, -0.05) is 74.0 Å². The van der Waals surface area contributed by atoms with Crippen LogP contribution in [0, 0.1) is 0 Å². The second kappa shape index (κ2) is 17.0. The molecule has 130 valence electrons. The molecule has 0 aliphatic rings. The Morgan fingerprint density at radius 3 is 1.45 bits per heavy atom. The summed E-state index contributed by atoms with van der Waals surface area (Å²) in [7, 11) is 2.69. The van der Waals surface area contributed by atoms with Crippen LogP contribution in [-0.2, 0) is 19.1 Å². The molecule has 0 unspecified atom stereocenters. The minimum atomic E-state index is -0.207. The van der Waals surface area contributed by atoms with Gasteiger partial charge < -0.3 is 9.47 Å². The fraction of sp³-hybridized carbons (Fsp3) is 0.875. The Bertz CT molecular complexity index is 257. The molecule has 0 saturated heterocycles. The Hall–Kier alpha value is -0.360. The third-order valence-corrected chi connectivity index (χ3v) is 5.04. The normalized spacial score (nSPS) is 10.5. The highest BCUT2D eigenvalue weighted by Gasteiger charge is 2.07. The molecule has 0 saturated carbocycles. The van der Waals surface area contributed by atoms with Gasteiger partial charge in [0.05, 0.1) is 13.2 Å². The summed E-state index contributed by atoms with van der Waals surface area (Å²) in [5.41, 5.74) is 0. The monoisotopic (exact) mass is 350 g/mol. The zero-order valence-electron chi connectivity index (χ0n) is 13.9. The molecule has 0 atom stereocenters. The van der Waals surface area contributed by atoms with E-state index in [0.29, 0.717) is 13.2 Å². The summed E-state index contributed by atoms with van der Waals surface area (Å²) < 4.78 is 10.2. The molecular formula is C16H30O4S2. The van der Waals surface area contributed by atoms with Crippen LogP contribution < -0.4 is 0 Å². The predicted molar refractivity (Wildman–Crippen MR) is 95.1 cm³/mol. The van der Waals surface area contributed by atoms with Crippen molar-refractivity contribution in [3.05, 3.63) is 0 Å². The summed E-state index contributed by atoms with van der Waals surface area (Å²) in [6.45, 7) is 5.31. The van der Waals surface area contributed by atoms with E-state index in [1.165, 1.54) is 47.3 Å². The molecule has 0 aliphatic heterocycles. The van der Waals surface area contributed by atoms with Gasteiger partial charge in [-0.25, -0.2) is 0 Å². The Morgan fingerprint density at radius 1 is 0.682 bits per heavy atom. The third-order valence-electron chi connectivity index (χ3n) is 2.96. The zero-order valence-corrected chi connectivity index (χ0v) is 15.6. The molecule has 0 amide bonds. The molecule has 0 aromatic rings. The van der Waals surface area contributed by atoms with Crippen molar-refractivity contribution >= 4 is 33.5 Å². The van der Waals surface area contributed by atoms with Crippen molar-refractivity contribution in [1.29, 1.82) is 0 Å². The second-order valence-electron chi connectivity index (χ2n) is 5.09. The maximum atomic E-state index is 11.4. The molecule has 6 heteroatoms. The summed E-state index contributed by atoms with van der Waals surface area (Å²) >= 11 is 0. The van der Waals surface area contributed by atoms with E-state index in [4.69, 9.17) is 9.47 Å². The van der Waals surface area contributed by atoms with Crippen LogP contribution in [-0.4, -0.2) is 36.7 Å². The lowest BCUT2D eigenvalue weighted by Crippen LogP contribution is -2.09. The Morgan fingerprint density at radius 2 is 1.09 bits per heavy atom. The van der Waals surface area contributed by atoms with Crippen LogP contribution in [0.15, 0.2) is 0 Å². The number of carbonyl (C=O) groups is 2. The number of carbonyl (C=O) groups excluding carboxylic acids is 2. The Balaban J connectivity index is 3.32. The molecule has 0 fully saturated rings. The van der Waals surface area contributed by atoms with E-state index in [9.17, 15) is 9.59 Å². The van der Waals surface area contributed by atoms with Gasteiger partial charge >= 0.3 is 11.9 Å². The van der Waals surface area contributed by atoms with E-state index in [2.05, 4.69) is 13.8 Å². The van der Waals surface area contributed by atoms with Gasteiger partial charge in [-0.3, -0.25) is 9.59 Å². The summed E-state index contributed by atoms with van der Waals surface area (Å²) in [4.78, 5) is 22.8. The van der Waals surface area contributed by atoms with Crippen molar-refractivity contribution in [2.45, 2.75) is 65.2 Å². The second-order valence-corrected chi connectivity index (χ2v) is 7.55. The van der Waals surface area contributed by atoms with Crippen LogP contribution in [0.1, 0.15) is 65.2 Å². The number of unbranched alkanes of at least 4 members (excludes halogenated alkanes) is 6. The summed E-state index contributed by atoms with van der Waals surface area (Å²) in [6, 6.07) is 0. The van der Waals surface area contributed by atoms with Crippen molar-refractivity contribution < 1.29 is 19.1 Å². The van der Waals surface area contributed by atoms with Crippen LogP contribution in [0.25, 0.3) is 0 Å². The average molecular weight is 351 g/mol. The molecule has 0 radical (unpaired) electrons. The number of ether oxygens (including phenoxy) is 2. The Kier molecular flexibility index (Phi) is 16.7. The average Bonchev–Trinajstić information content (AvgIpc) is 2.51. The highest BCUT2D eigenvalue weighted by Crippen LogP contribution is 2.21. The Labute approximate surface area is 142 Å². The lowest BCUT2D eigenvalue weighted by atomic mass is 10.2. The van der Waals surface area contributed by atoms with Crippen molar-refractivity contribution in [2.75, 3.05) is 24.7 Å². The summed E-state index contributed by atoms with van der Waals surface area (Å²) in [5.74, 6) is 0.147. The largest absolute Gasteiger partial charge is 0.465 e. The fourth-order valence-corrected chi connectivity index (χ4v) is 3.30. The smallest absolute Gasteiger partial charge is 0.316 e. The number of hydrogen-bond donors (Lipinski definition) is 0. The summed E-state index contributed by atoms with van der Waals surface area (Å²) in [5, 5.41) is 0. The maximum absolute atomic E-state index is 11.4. The van der Waals surface area contributed by atoms with E-state index < -0.39 is 0 Å². The van der Waals surface area contributed by atoms with Crippen LogP contribution in [0.2, 0.25) is 0 Å². The molecule has 0 aliphatic carbocycles. The van der Waals surface area contributed by atoms with Crippen LogP contribution in [0.3, 0.4) is 0 Å². The van der Waals surface area contributed by atoms with Crippen LogP contribution >= 0.6 is 21.6 Å². The quantitative estimate of drug-likeness (QED) is 0.244. The van der Waals surface area contributed by atoms with Crippen molar-refractivity contribution in [3.63, 3.8) is 0 Å². The summed E-state index contributed by atoms with van der Waals surface area (Å²) in [6.07, 6.45) is 8.80. The van der Waals surface area contributed by atoms with Crippen molar-refractivity contribution in [2.24, 2.45) is 0 Å². The first kappa shape index (κ1) is 21.6. The van der Waals surface area contributed by atoms with Crippen LogP contribution in [0.4, 0.5) is 0 Å². The van der Waals surface area contributed by atoms with Gasteiger partial charge in [-0.2, -0.15) is 0 Å². The first-order chi connectivity index (χ1) is 10.7. The van der Waals surface area contributed by atoms with Gasteiger partial charge in [0.1, 0.15) is 11.5 Å². The molecule has 0 N–H and O–H groups in total. The van der Waals surface area contributed by atoms with Crippen LogP contribution in [0.5, 0.6) is 0 Å². The van der Waals surface area contributed by atoms with Gasteiger partial charge in [0, 0.05) is 0 Å². The molecular weight excluding hydrogens is 320 g/mol. The van der Waals surface area contributed by atoms with Gasteiger partial charge in [-0.15, -0.1) is 0 Å². The molecule has 0 heterocycles. The molecule has 22 heavy (non-hydrogen) atoms. The molecule has 0 rings (SSSR count). The van der Waals surface area contributed by atoms with E-state index in [0.717, 1.165) is 25.7 Å². The minimum absolute atomic E-state index is 0.207. The van der Waals surface area contributed by atoms with E-state index in [1.54, 1.807) is 0 Å². The fourth-order valence-electron chi connectivity index (χ4n) is 1.69. The molecule has 4 nitrogen and oxygen atoms in total. The maximum Gasteiger partial charge on any atom is 0.316 e. The zero-order chi connectivity index (χ0) is 16.5. The van der Waals surface area contributed by atoms with Crippen molar-refractivity contribution in [1.82, 2.24) is 0 Å². The first-order valence-electron chi connectivity index (χ1n) is 8.26. The standard InChI is InChI=1S/C16H30O4S2/c1-3-5-7-9-11-19-15(17)13-21-22-14-16(18)20-12-10-8-6-4-2/h3-14H2,1-2H3. The number of hydrogen-bond acceptors (Lipinski definition) is 6. The lowest BCUT2D eigenvalue weighted by molar-refractivity contribution is -0.141. The number of esters is 2. The highest BCUT2D eigenvalue weighted by atomic mass is 33.1. The van der Waals surface area contributed by atoms with Gasteiger partial charge in [-0.05, 0) is 12.8 Å². The van der Waals surface area contributed by atoms with E-state index in [-0.39, 0.29) is 23.4 Å². The number of rotatable bonds is 15. The molecule has 0 aromatic carbocycles. The van der Waals surface area contributed by atoms with Gasteiger partial charge in [0.15, 0.2) is 0 Å². The van der Waals surface area contributed by atoms with E-state index in [1.807, 2.05) is 0 Å². The van der Waals surface area contributed by atoms with Crippen molar-refractivity contribution in [3.8, 4) is 0 Å². The molecule has 0 spiro atoms. The van der Waals surface area contributed by atoms with E-state index >= 15 is 0 Å². The molecule has 0 bridgehead atoms. The minimum Gasteiger partial charge on any atom is -0.465 e. The predicted octanol–water partition coefficient (Wildman–Crippen LogP) is 4.61. The van der Waals surface area contributed by atoms with Gasteiger partial charge in [0.2, 0.25) is 0 Å². The molecule has 0 aromatic heterocycles. The topological polar surface area (TPSA) is 52.6 Å². The highest BCUT2D eigenvalue weighted by molar-refractivity contribution is 8.77. The lowest BCUT2D eigenvalue weighted by Gasteiger charge is -2.05. The third kappa shape index (κ3) is 16.0.